The molecular weight excluding hydrogens is 240 g/mol. The Morgan fingerprint density at radius 2 is 2.18 bits per heavy atom. The summed E-state index contributed by atoms with van der Waals surface area (Å²) in [6, 6.07) is 0. The van der Waals surface area contributed by atoms with Crippen LogP contribution in [0.5, 0.6) is 0 Å². The number of hydrogen-bond acceptors (Lipinski definition) is 3. The second-order valence-electron chi connectivity index (χ2n) is 5.38. The Morgan fingerprint density at radius 3 is 2.76 bits per heavy atom. The van der Waals surface area contributed by atoms with E-state index in [0.717, 1.165) is 19.3 Å². The van der Waals surface area contributed by atoms with Gasteiger partial charge in [0.15, 0.2) is 0 Å². The number of aliphatic hydroxyl groups is 1. The zero-order chi connectivity index (χ0) is 12.5. The van der Waals surface area contributed by atoms with Gasteiger partial charge in [0.05, 0.1) is 0 Å². The predicted octanol–water partition coefficient (Wildman–Crippen LogP) is 0.181. The van der Waals surface area contributed by atoms with Crippen molar-refractivity contribution in [3.05, 3.63) is 0 Å². The molecule has 0 aromatic carbocycles. The first-order valence-electron chi connectivity index (χ1n) is 6.38. The SMILES string of the molecule is CC1CC1CNS(=O)(=O)N1CCCC(CO)C1. The lowest BCUT2D eigenvalue weighted by Crippen LogP contribution is -2.47. The molecule has 5 nitrogen and oxygen atoms in total. The van der Waals surface area contributed by atoms with Crippen LogP contribution in [-0.2, 0) is 10.2 Å². The lowest BCUT2D eigenvalue weighted by Gasteiger charge is -2.30. The molecule has 100 valence electrons. The van der Waals surface area contributed by atoms with Crippen LogP contribution in [0, 0.1) is 17.8 Å². The number of nitrogens with zero attached hydrogens (tertiary/aromatic N) is 1. The molecule has 3 unspecified atom stereocenters. The molecule has 1 saturated heterocycles. The van der Waals surface area contributed by atoms with Crippen molar-refractivity contribution in [1.82, 2.24) is 9.03 Å². The summed E-state index contributed by atoms with van der Waals surface area (Å²) in [6.07, 6.45) is 2.88. The lowest BCUT2D eigenvalue weighted by molar-refractivity contribution is 0.164. The Balaban J connectivity index is 1.85. The molecule has 1 aliphatic heterocycles. The highest BCUT2D eigenvalue weighted by atomic mass is 32.2. The van der Waals surface area contributed by atoms with E-state index in [0.29, 0.717) is 31.5 Å². The van der Waals surface area contributed by atoms with Crippen LogP contribution < -0.4 is 4.72 Å². The van der Waals surface area contributed by atoms with Gasteiger partial charge in [0.2, 0.25) is 0 Å². The monoisotopic (exact) mass is 262 g/mol. The zero-order valence-electron chi connectivity index (χ0n) is 10.3. The van der Waals surface area contributed by atoms with Gasteiger partial charge in [-0.25, -0.2) is 4.72 Å². The molecule has 1 heterocycles. The molecule has 0 radical (unpaired) electrons. The van der Waals surface area contributed by atoms with Gasteiger partial charge in [0.25, 0.3) is 10.2 Å². The zero-order valence-corrected chi connectivity index (χ0v) is 11.1. The van der Waals surface area contributed by atoms with Crippen molar-refractivity contribution in [3.63, 3.8) is 0 Å². The summed E-state index contributed by atoms with van der Waals surface area (Å²) in [5, 5.41) is 9.10. The number of rotatable bonds is 5. The summed E-state index contributed by atoms with van der Waals surface area (Å²) in [6.45, 7) is 3.80. The molecule has 17 heavy (non-hydrogen) atoms. The van der Waals surface area contributed by atoms with E-state index in [9.17, 15) is 8.42 Å². The molecule has 2 rings (SSSR count). The number of nitrogens with one attached hydrogen (secondary N) is 1. The minimum Gasteiger partial charge on any atom is -0.396 e. The lowest BCUT2D eigenvalue weighted by atomic mass is 10.0. The smallest absolute Gasteiger partial charge is 0.279 e. The molecule has 2 aliphatic rings. The van der Waals surface area contributed by atoms with Crippen LogP contribution in [0.2, 0.25) is 0 Å². The van der Waals surface area contributed by atoms with E-state index >= 15 is 0 Å². The van der Waals surface area contributed by atoms with Gasteiger partial charge in [-0.1, -0.05) is 6.92 Å². The van der Waals surface area contributed by atoms with E-state index in [1.807, 2.05) is 0 Å². The van der Waals surface area contributed by atoms with E-state index in [4.69, 9.17) is 5.11 Å². The van der Waals surface area contributed by atoms with Gasteiger partial charge in [-0.3, -0.25) is 0 Å². The summed E-state index contributed by atoms with van der Waals surface area (Å²) in [4.78, 5) is 0. The molecule has 0 aromatic rings. The average molecular weight is 262 g/mol. The second-order valence-corrected chi connectivity index (χ2v) is 7.13. The molecule has 3 atom stereocenters. The van der Waals surface area contributed by atoms with Crippen LogP contribution >= 0.6 is 0 Å². The fourth-order valence-electron chi connectivity index (χ4n) is 2.38. The topological polar surface area (TPSA) is 69.6 Å². The van der Waals surface area contributed by atoms with Gasteiger partial charge < -0.3 is 5.11 Å². The number of hydrogen-bond donors (Lipinski definition) is 2. The van der Waals surface area contributed by atoms with Crippen LogP contribution in [0.1, 0.15) is 26.2 Å². The maximum atomic E-state index is 12.0. The van der Waals surface area contributed by atoms with Gasteiger partial charge in [0.1, 0.15) is 0 Å². The van der Waals surface area contributed by atoms with E-state index in [-0.39, 0.29) is 12.5 Å². The molecular formula is C11H22N2O3S. The molecule has 6 heteroatoms. The van der Waals surface area contributed by atoms with Crippen molar-refractivity contribution in [2.45, 2.75) is 26.2 Å². The second kappa shape index (κ2) is 5.22. The molecule has 0 amide bonds. The minimum atomic E-state index is -3.33. The largest absolute Gasteiger partial charge is 0.396 e. The van der Waals surface area contributed by atoms with Gasteiger partial charge in [-0.2, -0.15) is 12.7 Å². The number of piperidine rings is 1. The van der Waals surface area contributed by atoms with E-state index in [1.54, 1.807) is 0 Å². The van der Waals surface area contributed by atoms with Gasteiger partial charge in [-0.05, 0) is 37.0 Å². The molecule has 2 fully saturated rings. The Bertz CT molecular complexity index is 358. The molecule has 0 aromatic heterocycles. The molecule has 2 N–H and O–H groups in total. The van der Waals surface area contributed by atoms with Gasteiger partial charge >= 0.3 is 0 Å². The summed E-state index contributed by atoms with van der Waals surface area (Å²) >= 11 is 0. The first-order chi connectivity index (χ1) is 8.03. The van der Waals surface area contributed by atoms with Crippen LogP contribution in [0.3, 0.4) is 0 Å². The van der Waals surface area contributed by atoms with Crippen molar-refractivity contribution < 1.29 is 13.5 Å². The number of aliphatic hydroxyl groups excluding tert-OH is 1. The molecule has 0 bridgehead atoms. The summed E-state index contributed by atoms with van der Waals surface area (Å²) < 4.78 is 28.2. The highest BCUT2D eigenvalue weighted by molar-refractivity contribution is 7.87. The Labute approximate surface area is 103 Å². The summed E-state index contributed by atoms with van der Waals surface area (Å²) in [5.74, 6) is 1.27. The van der Waals surface area contributed by atoms with E-state index in [1.165, 1.54) is 4.31 Å². The summed E-state index contributed by atoms with van der Waals surface area (Å²) in [5.41, 5.74) is 0. The fraction of sp³-hybridized carbons (Fsp3) is 1.00. The van der Waals surface area contributed by atoms with E-state index in [2.05, 4.69) is 11.6 Å². The van der Waals surface area contributed by atoms with E-state index < -0.39 is 10.2 Å². The van der Waals surface area contributed by atoms with Crippen molar-refractivity contribution in [3.8, 4) is 0 Å². The third-order valence-electron chi connectivity index (χ3n) is 3.88. The van der Waals surface area contributed by atoms with Gasteiger partial charge in [0, 0.05) is 26.2 Å². The summed E-state index contributed by atoms with van der Waals surface area (Å²) in [7, 11) is -3.33. The van der Waals surface area contributed by atoms with Crippen LogP contribution in [0.4, 0.5) is 0 Å². The third-order valence-corrected chi connectivity index (χ3v) is 5.43. The Morgan fingerprint density at radius 1 is 1.47 bits per heavy atom. The highest BCUT2D eigenvalue weighted by Crippen LogP contribution is 2.37. The first kappa shape index (κ1) is 13.3. The quantitative estimate of drug-likeness (QED) is 0.742. The first-order valence-corrected chi connectivity index (χ1v) is 7.82. The van der Waals surface area contributed by atoms with Crippen molar-refractivity contribution in [1.29, 1.82) is 0 Å². The predicted molar refractivity (Wildman–Crippen MR) is 65.6 cm³/mol. The minimum absolute atomic E-state index is 0.0751. The fourth-order valence-corrected chi connectivity index (χ4v) is 3.77. The third kappa shape index (κ3) is 3.40. The maximum Gasteiger partial charge on any atom is 0.279 e. The molecule has 1 saturated carbocycles. The Kier molecular flexibility index (Phi) is 4.07. The average Bonchev–Trinajstić information content (AvgIpc) is 3.03. The Hall–Kier alpha value is -0.170. The van der Waals surface area contributed by atoms with Gasteiger partial charge in [-0.15, -0.1) is 0 Å². The van der Waals surface area contributed by atoms with Crippen molar-refractivity contribution in [2.24, 2.45) is 17.8 Å². The molecule has 1 aliphatic carbocycles. The molecule has 0 spiro atoms. The van der Waals surface area contributed by atoms with Crippen molar-refractivity contribution >= 4 is 10.2 Å². The maximum absolute atomic E-state index is 12.0. The normalized spacial score (nSPS) is 34.8. The van der Waals surface area contributed by atoms with Crippen LogP contribution in [0.15, 0.2) is 0 Å². The van der Waals surface area contributed by atoms with Crippen molar-refractivity contribution in [2.75, 3.05) is 26.2 Å². The standard InChI is InChI=1S/C11H22N2O3S/c1-9-5-11(9)6-12-17(15,16)13-4-2-3-10(7-13)8-14/h9-12,14H,2-8H2,1H3. The highest BCUT2D eigenvalue weighted by Gasteiger charge is 2.35. The van der Waals surface area contributed by atoms with Crippen LogP contribution in [0.25, 0.3) is 0 Å². The van der Waals surface area contributed by atoms with Crippen LogP contribution in [-0.4, -0.2) is 44.1 Å².